The first-order valence-corrected chi connectivity index (χ1v) is 8.62. The zero-order valence-electron chi connectivity index (χ0n) is 12.0. The number of benzene rings is 2. The molecule has 2 aromatic carbocycles. The summed E-state index contributed by atoms with van der Waals surface area (Å²) in [6.07, 6.45) is 0. The summed E-state index contributed by atoms with van der Waals surface area (Å²) in [4.78, 5) is 12.0. The van der Waals surface area contributed by atoms with Gasteiger partial charge in [-0.2, -0.15) is 13.2 Å². The summed E-state index contributed by atoms with van der Waals surface area (Å²) in [7, 11) is 0. The smallest absolute Gasteiger partial charge is 0.366 e. The van der Waals surface area contributed by atoms with Gasteiger partial charge in [0.1, 0.15) is 0 Å². The molecule has 0 aliphatic heterocycles. The molecule has 0 aromatic heterocycles. The molecular formula is C16H14F3NOS2. The van der Waals surface area contributed by atoms with Crippen molar-refractivity contribution in [1.29, 1.82) is 0 Å². The third-order valence-corrected chi connectivity index (χ3v) is 4.86. The van der Waals surface area contributed by atoms with Crippen molar-refractivity contribution in [3.8, 4) is 0 Å². The number of carbonyl (C=O) groups excluding carboxylic acids is 1. The topological polar surface area (TPSA) is 43.1 Å². The van der Waals surface area contributed by atoms with Crippen LogP contribution in [0.2, 0.25) is 0 Å². The molecule has 0 fully saturated rings. The van der Waals surface area contributed by atoms with E-state index in [0.717, 1.165) is 10.5 Å². The van der Waals surface area contributed by atoms with Gasteiger partial charge in [0.05, 0.1) is 0 Å². The number of carbonyl (C=O) groups is 1. The molecule has 7 heteroatoms. The molecule has 1 amide bonds. The molecule has 0 unspecified atom stereocenters. The van der Waals surface area contributed by atoms with Gasteiger partial charge in [-0.25, -0.2) is 0 Å². The summed E-state index contributed by atoms with van der Waals surface area (Å²) in [6.45, 7) is 0. The number of nitrogens with two attached hydrogens (primary N) is 1. The summed E-state index contributed by atoms with van der Waals surface area (Å²) >= 11 is 1.54. The molecule has 0 saturated carbocycles. The summed E-state index contributed by atoms with van der Waals surface area (Å²) in [5.74, 6) is 0.155. The van der Waals surface area contributed by atoms with Gasteiger partial charge in [-0.15, -0.1) is 11.8 Å². The quantitative estimate of drug-likeness (QED) is 0.753. The second kappa shape index (κ2) is 7.79. The third-order valence-electron chi connectivity index (χ3n) is 2.97. The number of halogens is 3. The third kappa shape index (κ3) is 6.19. The average Bonchev–Trinajstić information content (AvgIpc) is 2.51. The molecule has 0 spiro atoms. The molecule has 0 saturated heterocycles. The largest absolute Gasteiger partial charge is 0.442 e. The Morgan fingerprint density at radius 3 is 1.91 bits per heavy atom. The molecule has 122 valence electrons. The number of amides is 1. The van der Waals surface area contributed by atoms with Crippen molar-refractivity contribution in [2.75, 3.05) is 0 Å². The standard InChI is InChI=1S/C16H14F3NOS2/c17-16(18,19)23-10-12-3-1-11(2-4-12)9-22-14-7-5-13(6-8-14)15(20)21/h1-8H,9-10H2,(H2,20,21). The number of thioether (sulfide) groups is 2. The van der Waals surface area contributed by atoms with E-state index in [-0.39, 0.29) is 17.5 Å². The van der Waals surface area contributed by atoms with Crippen molar-refractivity contribution >= 4 is 29.4 Å². The maximum atomic E-state index is 12.1. The normalized spacial score (nSPS) is 11.4. The lowest BCUT2D eigenvalue weighted by Crippen LogP contribution is -2.10. The van der Waals surface area contributed by atoms with Gasteiger partial charge < -0.3 is 5.73 Å². The number of rotatable bonds is 6. The number of hydrogen-bond acceptors (Lipinski definition) is 3. The predicted octanol–water partition coefficient (Wildman–Crippen LogP) is 4.83. The molecule has 2 N–H and O–H groups in total. The Morgan fingerprint density at radius 1 is 0.913 bits per heavy atom. The summed E-state index contributed by atoms with van der Waals surface area (Å²) < 4.78 is 36.4. The van der Waals surface area contributed by atoms with Crippen LogP contribution in [0.25, 0.3) is 0 Å². The van der Waals surface area contributed by atoms with Crippen LogP contribution in [0.3, 0.4) is 0 Å². The molecule has 0 aliphatic carbocycles. The zero-order valence-corrected chi connectivity index (χ0v) is 13.6. The van der Waals surface area contributed by atoms with Gasteiger partial charge in [-0.3, -0.25) is 4.79 Å². The van der Waals surface area contributed by atoms with Crippen LogP contribution < -0.4 is 5.73 Å². The van der Waals surface area contributed by atoms with E-state index in [2.05, 4.69) is 0 Å². The summed E-state index contributed by atoms with van der Waals surface area (Å²) in [5.41, 5.74) is 3.10. The number of hydrogen-bond donors (Lipinski definition) is 1. The van der Waals surface area contributed by atoms with Crippen molar-refractivity contribution in [2.24, 2.45) is 5.73 Å². The van der Waals surface area contributed by atoms with Gasteiger partial charge in [0.25, 0.3) is 0 Å². The van der Waals surface area contributed by atoms with E-state index < -0.39 is 11.4 Å². The second-order valence-electron chi connectivity index (χ2n) is 4.73. The van der Waals surface area contributed by atoms with Gasteiger partial charge in [0.2, 0.25) is 5.91 Å². The maximum absolute atomic E-state index is 12.1. The SMILES string of the molecule is NC(=O)c1ccc(SCc2ccc(CSC(F)(F)F)cc2)cc1. The fourth-order valence-electron chi connectivity index (χ4n) is 1.78. The Bertz CT molecular complexity index is 655. The van der Waals surface area contributed by atoms with Gasteiger partial charge in [0.15, 0.2) is 0 Å². The van der Waals surface area contributed by atoms with Gasteiger partial charge >= 0.3 is 5.51 Å². The van der Waals surface area contributed by atoms with E-state index in [1.165, 1.54) is 0 Å². The van der Waals surface area contributed by atoms with Crippen molar-refractivity contribution in [3.63, 3.8) is 0 Å². The molecule has 2 aromatic rings. The van der Waals surface area contributed by atoms with Crippen LogP contribution in [0.1, 0.15) is 21.5 Å². The maximum Gasteiger partial charge on any atom is 0.442 e. The van der Waals surface area contributed by atoms with E-state index >= 15 is 0 Å². The van der Waals surface area contributed by atoms with E-state index in [1.54, 1.807) is 36.0 Å². The van der Waals surface area contributed by atoms with Crippen molar-refractivity contribution in [1.82, 2.24) is 0 Å². The molecule has 0 bridgehead atoms. The lowest BCUT2D eigenvalue weighted by atomic mass is 10.2. The Labute approximate surface area is 140 Å². The van der Waals surface area contributed by atoms with E-state index in [0.29, 0.717) is 16.9 Å². The van der Waals surface area contributed by atoms with Crippen LogP contribution in [0.4, 0.5) is 13.2 Å². The van der Waals surface area contributed by atoms with Crippen molar-refractivity contribution in [2.45, 2.75) is 21.9 Å². The first-order valence-electron chi connectivity index (χ1n) is 6.65. The van der Waals surface area contributed by atoms with Crippen LogP contribution in [0.15, 0.2) is 53.4 Å². The lowest BCUT2D eigenvalue weighted by Gasteiger charge is -2.07. The van der Waals surface area contributed by atoms with Gasteiger partial charge in [0, 0.05) is 22.0 Å². The first-order chi connectivity index (χ1) is 10.8. The minimum absolute atomic E-state index is 0.0366. The van der Waals surface area contributed by atoms with E-state index in [9.17, 15) is 18.0 Å². The monoisotopic (exact) mass is 357 g/mol. The first kappa shape index (κ1) is 17.7. The van der Waals surface area contributed by atoms with Crippen LogP contribution in [-0.2, 0) is 11.5 Å². The zero-order chi connectivity index (χ0) is 16.9. The minimum Gasteiger partial charge on any atom is -0.366 e. The molecule has 0 radical (unpaired) electrons. The lowest BCUT2D eigenvalue weighted by molar-refractivity contribution is -0.0329. The fraction of sp³-hybridized carbons (Fsp3) is 0.188. The van der Waals surface area contributed by atoms with E-state index in [4.69, 9.17) is 5.73 Å². The molecule has 2 nitrogen and oxygen atoms in total. The van der Waals surface area contributed by atoms with Crippen LogP contribution in [-0.4, -0.2) is 11.4 Å². The number of primary amides is 1. The Morgan fingerprint density at radius 2 is 1.43 bits per heavy atom. The van der Waals surface area contributed by atoms with Crippen LogP contribution in [0, 0.1) is 0 Å². The van der Waals surface area contributed by atoms with Crippen molar-refractivity contribution < 1.29 is 18.0 Å². The molecular weight excluding hydrogens is 343 g/mol. The highest BCUT2D eigenvalue weighted by Crippen LogP contribution is 2.33. The number of alkyl halides is 3. The average molecular weight is 357 g/mol. The minimum atomic E-state index is -4.20. The van der Waals surface area contributed by atoms with E-state index in [1.807, 2.05) is 24.3 Å². The molecule has 0 heterocycles. The fourth-order valence-corrected chi connectivity index (χ4v) is 3.16. The highest BCUT2D eigenvalue weighted by Gasteiger charge is 2.27. The Balaban J connectivity index is 1.87. The highest BCUT2D eigenvalue weighted by molar-refractivity contribution is 7.99. The Hall–Kier alpha value is -1.60. The molecule has 0 aliphatic rings. The van der Waals surface area contributed by atoms with Crippen molar-refractivity contribution in [3.05, 3.63) is 65.2 Å². The second-order valence-corrected chi connectivity index (χ2v) is 6.82. The van der Waals surface area contributed by atoms with Crippen LogP contribution >= 0.6 is 23.5 Å². The summed E-state index contributed by atoms with van der Waals surface area (Å²) in [6, 6.07) is 14.1. The van der Waals surface area contributed by atoms with Gasteiger partial charge in [-0.05, 0) is 47.2 Å². The molecule has 2 rings (SSSR count). The predicted molar refractivity (Wildman–Crippen MR) is 88.3 cm³/mol. The summed E-state index contributed by atoms with van der Waals surface area (Å²) in [5, 5.41) is 0. The highest BCUT2D eigenvalue weighted by atomic mass is 32.2. The molecule has 23 heavy (non-hydrogen) atoms. The Kier molecular flexibility index (Phi) is 6.01. The van der Waals surface area contributed by atoms with Crippen LogP contribution in [0.5, 0.6) is 0 Å². The molecule has 0 atom stereocenters. The van der Waals surface area contributed by atoms with Gasteiger partial charge in [-0.1, -0.05) is 24.3 Å².